The molecule has 1 aromatic heterocycles. The van der Waals surface area contributed by atoms with E-state index in [0.29, 0.717) is 31.7 Å². The second-order valence-electron chi connectivity index (χ2n) is 3.33. The zero-order valence-corrected chi connectivity index (χ0v) is 9.43. The lowest BCUT2D eigenvalue weighted by Gasteiger charge is -2.13. The lowest BCUT2D eigenvalue weighted by Crippen LogP contribution is -2.22. The molecular formula is C9H18N4O2. The van der Waals surface area contributed by atoms with Gasteiger partial charge in [-0.05, 0) is 13.8 Å². The number of aromatic nitrogens is 2. The third kappa shape index (κ3) is 3.49. The molecule has 6 heteroatoms. The van der Waals surface area contributed by atoms with Crippen molar-refractivity contribution >= 4 is 6.01 Å². The van der Waals surface area contributed by atoms with Gasteiger partial charge in [-0.15, -0.1) is 5.10 Å². The first-order chi connectivity index (χ1) is 7.15. The number of hydrogen-bond donors (Lipinski definition) is 1. The summed E-state index contributed by atoms with van der Waals surface area (Å²) in [6.07, 6.45) is 0. The topological polar surface area (TPSA) is 77.4 Å². The van der Waals surface area contributed by atoms with E-state index in [0.717, 1.165) is 0 Å². The number of rotatable bonds is 6. The van der Waals surface area contributed by atoms with E-state index in [1.165, 1.54) is 0 Å². The van der Waals surface area contributed by atoms with Crippen molar-refractivity contribution in [2.24, 2.45) is 5.73 Å². The Kier molecular flexibility index (Phi) is 4.51. The van der Waals surface area contributed by atoms with Crippen LogP contribution in [0.1, 0.15) is 25.8 Å². The molecular weight excluding hydrogens is 196 g/mol. The molecule has 6 nitrogen and oxygen atoms in total. The fourth-order valence-electron chi connectivity index (χ4n) is 1.01. The Morgan fingerprint density at radius 1 is 1.53 bits per heavy atom. The molecule has 2 N–H and O–H groups in total. The summed E-state index contributed by atoms with van der Waals surface area (Å²) in [6.45, 7) is 5.83. The van der Waals surface area contributed by atoms with Crippen LogP contribution in [0.5, 0.6) is 0 Å². The fourth-order valence-corrected chi connectivity index (χ4v) is 1.01. The van der Waals surface area contributed by atoms with Gasteiger partial charge >= 0.3 is 6.01 Å². The second kappa shape index (κ2) is 5.67. The highest BCUT2D eigenvalue weighted by Crippen LogP contribution is 2.13. The summed E-state index contributed by atoms with van der Waals surface area (Å²) in [6, 6.07) is 0.244. The van der Waals surface area contributed by atoms with Crippen LogP contribution in [-0.4, -0.2) is 37.0 Å². The molecule has 1 unspecified atom stereocenters. The van der Waals surface area contributed by atoms with Crippen molar-refractivity contribution in [3.05, 3.63) is 5.89 Å². The third-order valence-corrected chi connectivity index (χ3v) is 1.92. The normalized spacial score (nSPS) is 12.8. The summed E-state index contributed by atoms with van der Waals surface area (Å²) in [5, 5.41) is 7.73. The van der Waals surface area contributed by atoms with E-state index in [9.17, 15) is 0 Å². The summed E-state index contributed by atoms with van der Waals surface area (Å²) >= 11 is 0. The van der Waals surface area contributed by atoms with E-state index >= 15 is 0 Å². The molecule has 0 radical (unpaired) electrons. The minimum absolute atomic E-state index is 0.230. The molecule has 0 saturated carbocycles. The lowest BCUT2D eigenvalue weighted by atomic mass is 10.4. The highest BCUT2D eigenvalue weighted by molar-refractivity contribution is 5.21. The zero-order valence-electron chi connectivity index (χ0n) is 9.43. The molecule has 0 saturated heterocycles. The van der Waals surface area contributed by atoms with Gasteiger partial charge in [0.05, 0.1) is 12.6 Å². The van der Waals surface area contributed by atoms with Gasteiger partial charge in [0.2, 0.25) is 5.89 Å². The number of nitrogens with two attached hydrogens (primary N) is 1. The van der Waals surface area contributed by atoms with Crippen molar-refractivity contribution in [2.75, 3.05) is 31.7 Å². The molecule has 0 aromatic carbocycles. The van der Waals surface area contributed by atoms with Crippen LogP contribution in [-0.2, 0) is 4.74 Å². The molecule has 86 valence electrons. The quantitative estimate of drug-likeness (QED) is 0.697. The molecule has 0 aliphatic carbocycles. The van der Waals surface area contributed by atoms with Gasteiger partial charge in [-0.2, -0.15) is 0 Å². The number of ether oxygens (including phenoxy) is 1. The summed E-state index contributed by atoms with van der Waals surface area (Å²) in [7, 11) is 1.87. The van der Waals surface area contributed by atoms with Crippen molar-refractivity contribution in [3.63, 3.8) is 0 Å². The van der Waals surface area contributed by atoms with Gasteiger partial charge in [0.15, 0.2) is 0 Å². The third-order valence-electron chi connectivity index (χ3n) is 1.92. The Bertz CT molecular complexity index is 287. The first kappa shape index (κ1) is 11.9. The molecule has 1 rings (SSSR count). The predicted octanol–water partition coefficient (Wildman–Crippen LogP) is 0.562. The predicted molar refractivity (Wildman–Crippen MR) is 56.7 cm³/mol. The maximum Gasteiger partial charge on any atom is 0.318 e. The molecule has 1 atom stereocenters. The molecule has 1 heterocycles. The highest BCUT2D eigenvalue weighted by Gasteiger charge is 2.12. The summed E-state index contributed by atoms with van der Waals surface area (Å²) in [5.74, 6) is 0.452. The highest BCUT2D eigenvalue weighted by atomic mass is 16.5. The van der Waals surface area contributed by atoms with Gasteiger partial charge in [-0.1, -0.05) is 5.10 Å². The summed E-state index contributed by atoms with van der Waals surface area (Å²) in [5.41, 5.74) is 5.61. The molecule has 0 spiro atoms. The Labute approximate surface area is 89.4 Å². The van der Waals surface area contributed by atoms with E-state index in [1.54, 1.807) is 6.92 Å². The van der Waals surface area contributed by atoms with E-state index in [-0.39, 0.29) is 6.04 Å². The summed E-state index contributed by atoms with van der Waals surface area (Å²) in [4.78, 5) is 1.84. The molecule has 0 amide bonds. The van der Waals surface area contributed by atoms with Crippen LogP contribution in [0.2, 0.25) is 0 Å². The Hall–Kier alpha value is -1.14. The summed E-state index contributed by atoms with van der Waals surface area (Å²) < 4.78 is 10.6. The molecule has 1 aromatic rings. The van der Waals surface area contributed by atoms with Crippen LogP contribution >= 0.6 is 0 Å². The van der Waals surface area contributed by atoms with E-state index in [2.05, 4.69) is 10.2 Å². The number of likely N-dealkylation sites (N-methyl/N-ethyl adjacent to an activating group) is 1. The number of anilines is 1. The molecule has 15 heavy (non-hydrogen) atoms. The first-order valence-corrected chi connectivity index (χ1v) is 5.03. The van der Waals surface area contributed by atoms with Crippen LogP contribution in [0, 0.1) is 0 Å². The average Bonchev–Trinajstić information content (AvgIpc) is 2.66. The van der Waals surface area contributed by atoms with Crippen molar-refractivity contribution in [1.82, 2.24) is 10.2 Å². The molecule has 0 fully saturated rings. The zero-order chi connectivity index (χ0) is 11.3. The van der Waals surface area contributed by atoms with Gasteiger partial charge in [0.1, 0.15) is 0 Å². The van der Waals surface area contributed by atoms with Crippen LogP contribution in [0.25, 0.3) is 0 Å². The van der Waals surface area contributed by atoms with Crippen molar-refractivity contribution in [3.8, 4) is 0 Å². The maximum atomic E-state index is 5.61. The van der Waals surface area contributed by atoms with Crippen LogP contribution in [0.4, 0.5) is 6.01 Å². The smallest absolute Gasteiger partial charge is 0.318 e. The van der Waals surface area contributed by atoms with Gasteiger partial charge < -0.3 is 19.8 Å². The molecule has 0 aliphatic rings. The van der Waals surface area contributed by atoms with Crippen molar-refractivity contribution < 1.29 is 9.15 Å². The molecule has 0 aliphatic heterocycles. The monoisotopic (exact) mass is 214 g/mol. The minimum Gasteiger partial charge on any atom is -0.406 e. The first-order valence-electron chi connectivity index (χ1n) is 5.03. The fraction of sp³-hybridized carbons (Fsp3) is 0.778. The van der Waals surface area contributed by atoms with Gasteiger partial charge in [0.25, 0.3) is 0 Å². The average molecular weight is 214 g/mol. The number of nitrogens with zero attached hydrogens (tertiary/aromatic N) is 3. The standard InChI is InChI=1S/C9H18N4O2/c1-4-14-6-5-13(3)9-12-11-8(15-9)7(2)10/h7H,4-6,10H2,1-3H3. The van der Waals surface area contributed by atoms with E-state index in [1.807, 2.05) is 18.9 Å². The van der Waals surface area contributed by atoms with Gasteiger partial charge in [-0.25, -0.2) is 0 Å². The Morgan fingerprint density at radius 2 is 2.27 bits per heavy atom. The van der Waals surface area contributed by atoms with Crippen LogP contribution in [0.15, 0.2) is 4.42 Å². The van der Waals surface area contributed by atoms with Crippen molar-refractivity contribution in [1.29, 1.82) is 0 Å². The van der Waals surface area contributed by atoms with E-state index < -0.39 is 0 Å². The van der Waals surface area contributed by atoms with Crippen LogP contribution < -0.4 is 10.6 Å². The molecule has 0 bridgehead atoms. The maximum absolute atomic E-state index is 5.61. The van der Waals surface area contributed by atoms with Gasteiger partial charge in [0, 0.05) is 20.2 Å². The largest absolute Gasteiger partial charge is 0.406 e. The Balaban J connectivity index is 2.47. The second-order valence-corrected chi connectivity index (χ2v) is 3.33. The van der Waals surface area contributed by atoms with Gasteiger partial charge in [-0.3, -0.25) is 0 Å². The Morgan fingerprint density at radius 3 is 2.80 bits per heavy atom. The lowest BCUT2D eigenvalue weighted by molar-refractivity contribution is 0.154. The van der Waals surface area contributed by atoms with Crippen molar-refractivity contribution in [2.45, 2.75) is 19.9 Å². The van der Waals surface area contributed by atoms with Crippen LogP contribution in [0.3, 0.4) is 0 Å². The minimum atomic E-state index is -0.230. The van der Waals surface area contributed by atoms with E-state index in [4.69, 9.17) is 14.9 Å². The SMILES string of the molecule is CCOCCN(C)c1nnc(C(C)N)o1. The number of hydrogen-bond acceptors (Lipinski definition) is 6.